The van der Waals surface area contributed by atoms with Crippen LogP contribution >= 0.6 is 0 Å². The zero-order valence-corrected chi connectivity index (χ0v) is 12.3. The van der Waals surface area contributed by atoms with Crippen molar-refractivity contribution in [2.45, 2.75) is 51.5 Å². The van der Waals surface area contributed by atoms with E-state index < -0.39 is 0 Å². The Kier molecular flexibility index (Phi) is 6.11. The fourth-order valence-electron chi connectivity index (χ4n) is 3.39. The zero-order chi connectivity index (χ0) is 13.5. The van der Waals surface area contributed by atoms with Gasteiger partial charge in [-0.1, -0.05) is 6.92 Å². The Morgan fingerprint density at radius 1 is 1.26 bits per heavy atom. The predicted molar refractivity (Wildman–Crippen MR) is 78.1 cm³/mol. The van der Waals surface area contributed by atoms with Gasteiger partial charge in [-0.05, 0) is 57.7 Å². The third kappa shape index (κ3) is 4.77. The molecule has 0 aromatic carbocycles. The van der Waals surface area contributed by atoms with Crippen LogP contribution in [0.1, 0.15) is 45.4 Å². The van der Waals surface area contributed by atoms with Crippen molar-refractivity contribution in [3.05, 3.63) is 0 Å². The highest BCUT2D eigenvalue weighted by Crippen LogP contribution is 2.19. The van der Waals surface area contributed by atoms with E-state index in [0.29, 0.717) is 12.5 Å². The first-order valence-electron chi connectivity index (χ1n) is 8.01. The van der Waals surface area contributed by atoms with Crippen LogP contribution in [0.3, 0.4) is 0 Å². The molecule has 0 aliphatic carbocycles. The van der Waals surface area contributed by atoms with E-state index >= 15 is 0 Å². The second kappa shape index (κ2) is 7.85. The molecule has 2 atom stereocenters. The van der Waals surface area contributed by atoms with Gasteiger partial charge >= 0.3 is 0 Å². The minimum Gasteiger partial charge on any atom is -0.356 e. The predicted octanol–water partition coefficient (Wildman–Crippen LogP) is 1.37. The molecule has 2 N–H and O–H groups in total. The van der Waals surface area contributed by atoms with Crippen LogP contribution in [0.25, 0.3) is 0 Å². The lowest BCUT2D eigenvalue weighted by Crippen LogP contribution is -2.44. The molecule has 1 amide bonds. The van der Waals surface area contributed by atoms with Crippen LogP contribution in [0.5, 0.6) is 0 Å². The van der Waals surface area contributed by atoms with E-state index in [1.165, 1.54) is 38.8 Å². The highest BCUT2D eigenvalue weighted by Gasteiger charge is 2.25. The van der Waals surface area contributed by atoms with Gasteiger partial charge < -0.3 is 10.6 Å². The number of carbonyl (C=O) groups is 1. The third-order valence-electron chi connectivity index (χ3n) is 4.38. The number of nitrogens with zero attached hydrogens (tertiary/aromatic N) is 1. The summed E-state index contributed by atoms with van der Waals surface area (Å²) < 4.78 is 0. The SMILES string of the molecule is CCCN(CC1CCCNC1)C1CCCNC(=O)C1. The van der Waals surface area contributed by atoms with Gasteiger partial charge in [0.25, 0.3) is 0 Å². The molecule has 19 heavy (non-hydrogen) atoms. The number of carbonyl (C=O) groups excluding carboxylic acids is 1. The molecular weight excluding hydrogens is 238 g/mol. The Morgan fingerprint density at radius 2 is 2.11 bits per heavy atom. The summed E-state index contributed by atoms with van der Waals surface area (Å²) in [5, 5.41) is 6.50. The summed E-state index contributed by atoms with van der Waals surface area (Å²) in [6.45, 7) is 7.73. The van der Waals surface area contributed by atoms with Crippen LogP contribution in [-0.4, -0.2) is 49.6 Å². The summed E-state index contributed by atoms with van der Waals surface area (Å²) >= 11 is 0. The van der Waals surface area contributed by atoms with E-state index in [0.717, 1.165) is 32.0 Å². The lowest BCUT2D eigenvalue weighted by Gasteiger charge is -2.35. The van der Waals surface area contributed by atoms with Gasteiger partial charge in [0.15, 0.2) is 0 Å². The molecule has 4 heteroatoms. The van der Waals surface area contributed by atoms with Crippen LogP contribution in [0, 0.1) is 5.92 Å². The summed E-state index contributed by atoms with van der Waals surface area (Å²) in [5.41, 5.74) is 0. The van der Waals surface area contributed by atoms with Crippen molar-refractivity contribution in [1.82, 2.24) is 15.5 Å². The van der Waals surface area contributed by atoms with E-state index in [-0.39, 0.29) is 5.91 Å². The first-order chi connectivity index (χ1) is 9.29. The zero-order valence-electron chi connectivity index (χ0n) is 12.3. The molecule has 0 radical (unpaired) electrons. The van der Waals surface area contributed by atoms with Crippen molar-refractivity contribution in [3.63, 3.8) is 0 Å². The average molecular weight is 267 g/mol. The number of hydrogen-bond donors (Lipinski definition) is 2. The van der Waals surface area contributed by atoms with Gasteiger partial charge in [0.1, 0.15) is 0 Å². The molecule has 110 valence electrons. The third-order valence-corrected chi connectivity index (χ3v) is 4.38. The quantitative estimate of drug-likeness (QED) is 0.791. The molecule has 2 unspecified atom stereocenters. The van der Waals surface area contributed by atoms with Crippen molar-refractivity contribution in [2.75, 3.05) is 32.7 Å². The molecule has 0 saturated carbocycles. The lowest BCUT2D eigenvalue weighted by atomic mass is 9.97. The van der Waals surface area contributed by atoms with Gasteiger partial charge in [0.2, 0.25) is 5.91 Å². The lowest BCUT2D eigenvalue weighted by molar-refractivity contribution is -0.121. The van der Waals surface area contributed by atoms with Crippen molar-refractivity contribution in [3.8, 4) is 0 Å². The van der Waals surface area contributed by atoms with E-state index in [1.54, 1.807) is 0 Å². The second-order valence-corrected chi connectivity index (χ2v) is 6.06. The maximum atomic E-state index is 11.7. The standard InChI is InChI=1S/C15H29N3O/c1-2-9-18(12-13-5-3-7-16-11-13)14-6-4-8-17-15(19)10-14/h13-14,16H,2-12H2,1H3,(H,17,19). The fraction of sp³-hybridized carbons (Fsp3) is 0.933. The molecule has 2 aliphatic heterocycles. The van der Waals surface area contributed by atoms with Crippen molar-refractivity contribution < 1.29 is 4.79 Å². The van der Waals surface area contributed by atoms with Crippen LogP contribution < -0.4 is 10.6 Å². The summed E-state index contributed by atoms with van der Waals surface area (Å²) in [5.74, 6) is 1.01. The van der Waals surface area contributed by atoms with Crippen LogP contribution in [0.15, 0.2) is 0 Å². The van der Waals surface area contributed by atoms with Gasteiger partial charge in [-0.3, -0.25) is 9.69 Å². The minimum atomic E-state index is 0.241. The molecule has 0 aromatic heterocycles. The van der Waals surface area contributed by atoms with Crippen LogP contribution in [0.2, 0.25) is 0 Å². The normalized spacial score (nSPS) is 29.1. The first kappa shape index (κ1) is 14.8. The Morgan fingerprint density at radius 3 is 2.84 bits per heavy atom. The highest BCUT2D eigenvalue weighted by atomic mass is 16.1. The maximum absolute atomic E-state index is 11.7. The Hall–Kier alpha value is -0.610. The Bertz CT molecular complexity index is 277. The monoisotopic (exact) mass is 267 g/mol. The van der Waals surface area contributed by atoms with E-state index in [4.69, 9.17) is 0 Å². The number of amides is 1. The van der Waals surface area contributed by atoms with Gasteiger partial charge in [-0.15, -0.1) is 0 Å². The van der Waals surface area contributed by atoms with E-state index in [1.807, 2.05) is 0 Å². The summed E-state index contributed by atoms with van der Waals surface area (Å²) in [7, 11) is 0. The summed E-state index contributed by atoms with van der Waals surface area (Å²) in [6.07, 6.45) is 6.80. The summed E-state index contributed by atoms with van der Waals surface area (Å²) in [4.78, 5) is 14.3. The molecule has 0 aromatic rings. The first-order valence-corrected chi connectivity index (χ1v) is 8.01. The van der Waals surface area contributed by atoms with Gasteiger partial charge in [-0.2, -0.15) is 0 Å². The number of hydrogen-bond acceptors (Lipinski definition) is 3. The molecule has 2 saturated heterocycles. The Balaban J connectivity index is 1.90. The minimum absolute atomic E-state index is 0.241. The van der Waals surface area contributed by atoms with E-state index in [2.05, 4.69) is 22.5 Å². The molecule has 4 nitrogen and oxygen atoms in total. The topological polar surface area (TPSA) is 44.4 Å². The molecule has 2 heterocycles. The highest BCUT2D eigenvalue weighted by molar-refractivity contribution is 5.76. The van der Waals surface area contributed by atoms with Gasteiger partial charge in [0.05, 0.1) is 0 Å². The molecule has 2 rings (SSSR count). The molecule has 0 spiro atoms. The van der Waals surface area contributed by atoms with E-state index in [9.17, 15) is 4.79 Å². The van der Waals surface area contributed by atoms with Crippen LogP contribution in [-0.2, 0) is 4.79 Å². The average Bonchev–Trinajstić information content (AvgIpc) is 2.64. The molecule has 2 fully saturated rings. The largest absolute Gasteiger partial charge is 0.356 e. The summed E-state index contributed by atoms with van der Waals surface area (Å²) in [6, 6.07) is 0.462. The Labute approximate surface area is 117 Å². The van der Waals surface area contributed by atoms with Crippen molar-refractivity contribution in [2.24, 2.45) is 5.92 Å². The number of piperidine rings is 1. The molecule has 0 bridgehead atoms. The molecule has 2 aliphatic rings. The van der Waals surface area contributed by atoms with Gasteiger partial charge in [-0.25, -0.2) is 0 Å². The molecular formula is C15H29N3O. The van der Waals surface area contributed by atoms with Crippen LogP contribution in [0.4, 0.5) is 0 Å². The smallest absolute Gasteiger partial charge is 0.221 e. The van der Waals surface area contributed by atoms with Gasteiger partial charge in [0, 0.05) is 25.6 Å². The fourth-order valence-corrected chi connectivity index (χ4v) is 3.39. The number of nitrogens with one attached hydrogen (secondary N) is 2. The van der Waals surface area contributed by atoms with Crippen molar-refractivity contribution in [1.29, 1.82) is 0 Å². The van der Waals surface area contributed by atoms with Crippen molar-refractivity contribution >= 4 is 5.91 Å². The maximum Gasteiger partial charge on any atom is 0.221 e. The number of rotatable bonds is 5. The second-order valence-electron chi connectivity index (χ2n) is 6.06.